The number of nitrogens with zero attached hydrogens (tertiary/aromatic N) is 2. The van der Waals surface area contributed by atoms with Crippen molar-refractivity contribution < 1.29 is 0 Å². The first kappa shape index (κ1) is 11.4. The molecule has 3 heterocycles. The fourth-order valence-corrected chi connectivity index (χ4v) is 3.76. The molecule has 2 nitrogen and oxygen atoms in total. The molecule has 2 aromatic heterocycles. The summed E-state index contributed by atoms with van der Waals surface area (Å²) in [6.07, 6.45) is 7.90. The molecule has 0 aromatic carbocycles. The van der Waals surface area contributed by atoms with Gasteiger partial charge in [0.05, 0.1) is 10.7 Å². The van der Waals surface area contributed by atoms with Crippen LogP contribution >= 0.6 is 23.4 Å². The molecule has 1 aliphatic rings. The Hall–Kier alpha value is -0.670. The number of fused-ring (bicyclic) bond motifs is 1. The van der Waals surface area contributed by atoms with Crippen LogP contribution in [-0.4, -0.2) is 20.9 Å². The monoisotopic (exact) mass is 266 g/mol. The Bertz CT molecular complexity index is 517. The van der Waals surface area contributed by atoms with E-state index in [1.54, 1.807) is 0 Å². The van der Waals surface area contributed by atoms with Gasteiger partial charge in [-0.3, -0.25) is 0 Å². The molecule has 0 aliphatic carbocycles. The number of aromatic nitrogens is 2. The quantitative estimate of drug-likeness (QED) is 0.825. The summed E-state index contributed by atoms with van der Waals surface area (Å²) in [5, 5.41) is 0.733. The van der Waals surface area contributed by atoms with E-state index >= 15 is 0 Å². The number of hydrogen-bond donors (Lipinski definition) is 0. The van der Waals surface area contributed by atoms with Crippen LogP contribution in [0, 0.1) is 5.92 Å². The number of imidazole rings is 1. The summed E-state index contributed by atoms with van der Waals surface area (Å²) >= 11 is 8.20. The number of thioether (sulfide) groups is 1. The van der Waals surface area contributed by atoms with Crippen molar-refractivity contribution in [2.75, 3.05) is 11.5 Å². The summed E-state index contributed by atoms with van der Waals surface area (Å²) < 4.78 is 2.02. The average molecular weight is 267 g/mol. The van der Waals surface area contributed by atoms with Crippen LogP contribution in [0.4, 0.5) is 0 Å². The molecule has 2 aromatic rings. The van der Waals surface area contributed by atoms with Crippen LogP contribution in [0.5, 0.6) is 0 Å². The van der Waals surface area contributed by atoms with Gasteiger partial charge in [0.1, 0.15) is 0 Å². The molecule has 1 aliphatic heterocycles. The average Bonchev–Trinajstić information content (AvgIpc) is 2.74. The maximum absolute atomic E-state index is 6.13. The van der Waals surface area contributed by atoms with Crippen molar-refractivity contribution >= 4 is 29.0 Å². The van der Waals surface area contributed by atoms with E-state index in [4.69, 9.17) is 11.6 Å². The number of hydrogen-bond acceptors (Lipinski definition) is 2. The lowest BCUT2D eigenvalue weighted by Gasteiger charge is -2.19. The van der Waals surface area contributed by atoms with Crippen molar-refractivity contribution in [2.45, 2.75) is 19.3 Å². The van der Waals surface area contributed by atoms with Gasteiger partial charge in [-0.25, -0.2) is 4.98 Å². The van der Waals surface area contributed by atoms with E-state index in [-0.39, 0.29) is 0 Å². The summed E-state index contributed by atoms with van der Waals surface area (Å²) in [5.41, 5.74) is 2.05. The number of halogens is 1. The molecule has 0 N–H and O–H groups in total. The highest BCUT2D eigenvalue weighted by Crippen LogP contribution is 2.26. The molecule has 3 rings (SSSR count). The predicted octanol–water partition coefficient (Wildman–Crippen LogP) is 3.67. The second-order valence-electron chi connectivity index (χ2n) is 4.61. The predicted molar refractivity (Wildman–Crippen MR) is 74.0 cm³/mol. The fraction of sp³-hybridized carbons (Fsp3) is 0.462. The number of rotatable bonds is 2. The molecule has 4 heteroatoms. The molecular weight excluding hydrogens is 252 g/mol. The molecule has 0 radical (unpaired) electrons. The normalized spacial score (nSPS) is 20.9. The van der Waals surface area contributed by atoms with Crippen molar-refractivity contribution in [1.82, 2.24) is 9.38 Å². The second kappa shape index (κ2) is 4.91. The third-order valence-corrected chi connectivity index (χ3v) is 4.82. The van der Waals surface area contributed by atoms with Crippen LogP contribution in [0.25, 0.3) is 5.65 Å². The minimum absolute atomic E-state index is 0.733. The Labute approximate surface area is 110 Å². The zero-order valence-corrected chi connectivity index (χ0v) is 11.2. The van der Waals surface area contributed by atoms with E-state index in [9.17, 15) is 0 Å². The van der Waals surface area contributed by atoms with Crippen LogP contribution in [0.1, 0.15) is 18.5 Å². The van der Waals surface area contributed by atoms with Crippen molar-refractivity contribution in [2.24, 2.45) is 5.92 Å². The largest absolute Gasteiger partial charge is 0.306 e. The van der Waals surface area contributed by atoms with Gasteiger partial charge in [0.25, 0.3) is 0 Å². The van der Waals surface area contributed by atoms with E-state index in [2.05, 4.69) is 22.9 Å². The van der Waals surface area contributed by atoms with E-state index in [1.807, 2.05) is 22.7 Å². The van der Waals surface area contributed by atoms with Gasteiger partial charge in [-0.15, -0.1) is 0 Å². The molecule has 0 amide bonds. The summed E-state index contributed by atoms with van der Waals surface area (Å²) in [7, 11) is 0. The van der Waals surface area contributed by atoms with Gasteiger partial charge in [0, 0.05) is 12.4 Å². The van der Waals surface area contributed by atoms with Gasteiger partial charge in [0.2, 0.25) is 0 Å². The van der Waals surface area contributed by atoms with Crippen molar-refractivity contribution in [3.8, 4) is 0 Å². The van der Waals surface area contributed by atoms with E-state index in [0.29, 0.717) is 0 Å². The Morgan fingerprint density at radius 1 is 1.53 bits per heavy atom. The van der Waals surface area contributed by atoms with E-state index in [1.165, 1.54) is 30.0 Å². The van der Waals surface area contributed by atoms with Crippen LogP contribution in [0.15, 0.2) is 24.5 Å². The zero-order chi connectivity index (χ0) is 11.7. The molecule has 1 fully saturated rings. The summed E-state index contributed by atoms with van der Waals surface area (Å²) in [6.45, 7) is 0. The van der Waals surface area contributed by atoms with Crippen molar-refractivity contribution in [3.05, 3.63) is 35.2 Å². The Morgan fingerprint density at radius 3 is 3.24 bits per heavy atom. The first-order valence-electron chi connectivity index (χ1n) is 6.03. The van der Waals surface area contributed by atoms with Crippen LogP contribution in [0.2, 0.25) is 5.02 Å². The molecule has 1 unspecified atom stereocenters. The minimum Gasteiger partial charge on any atom is -0.306 e. The first-order valence-corrected chi connectivity index (χ1v) is 7.56. The highest BCUT2D eigenvalue weighted by atomic mass is 35.5. The van der Waals surface area contributed by atoms with Gasteiger partial charge in [-0.2, -0.15) is 11.8 Å². The third kappa shape index (κ3) is 2.45. The van der Waals surface area contributed by atoms with Gasteiger partial charge in [-0.05, 0) is 48.8 Å². The lowest BCUT2D eigenvalue weighted by atomic mass is 10.00. The molecular formula is C13H15ClN2S. The summed E-state index contributed by atoms with van der Waals surface area (Å²) in [5.74, 6) is 3.40. The first-order chi connectivity index (χ1) is 8.33. The second-order valence-corrected chi connectivity index (χ2v) is 6.16. The molecule has 17 heavy (non-hydrogen) atoms. The van der Waals surface area contributed by atoms with Crippen LogP contribution < -0.4 is 0 Å². The molecule has 0 saturated carbocycles. The van der Waals surface area contributed by atoms with Gasteiger partial charge in [0.15, 0.2) is 5.65 Å². The highest BCUT2D eigenvalue weighted by Gasteiger charge is 2.16. The zero-order valence-electron chi connectivity index (χ0n) is 9.60. The highest BCUT2D eigenvalue weighted by molar-refractivity contribution is 7.99. The lowest BCUT2D eigenvalue weighted by molar-refractivity contribution is 0.516. The molecule has 1 saturated heterocycles. The molecule has 1 atom stereocenters. The SMILES string of the molecule is Clc1cccn2cc(CC3CCCSC3)nc12. The fourth-order valence-electron chi connectivity index (χ4n) is 2.39. The maximum atomic E-state index is 6.13. The van der Waals surface area contributed by atoms with Gasteiger partial charge in [-0.1, -0.05) is 11.6 Å². The van der Waals surface area contributed by atoms with Crippen molar-refractivity contribution in [1.29, 1.82) is 0 Å². The Balaban J connectivity index is 1.83. The summed E-state index contributed by atoms with van der Waals surface area (Å²) in [6, 6.07) is 3.85. The van der Waals surface area contributed by atoms with E-state index in [0.717, 1.165) is 23.0 Å². The van der Waals surface area contributed by atoms with Crippen LogP contribution in [0.3, 0.4) is 0 Å². The maximum Gasteiger partial charge on any atom is 0.155 e. The molecule has 90 valence electrons. The Morgan fingerprint density at radius 2 is 2.47 bits per heavy atom. The minimum atomic E-state index is 0.733. The smallest absolute Gasteiger partial charge is 0.155 e. The van der Waals surface area contributed by atoms with Crippen LogP contribution in [-0.2, 0) is 6.42 Å². The van der Waals surface area contributed by atoms with Crippen molar-refractivity contribution in [3.63, 3.8) is 0 Å². The van der Waals surface area contributed by atoms with Gasteiger partial charge >= 0.3 is 0 Å². The topological polar surface area (TPSA) is 17.3 Å². The third-order valence-electron chi connectivity index (χ3n) is 3.24. The molecule has 0 bridgehead atoms. The van der Waals surface area contributed by atoms with Gasteiger partial charge < -0.3 is 4.40 Å². The Kier molecular flexibility index (Phi) is 3.30. The molecule has 0 spiro atoms. The summed E-state index contributed by atoms with van der Waals surface area (Å²) in [4.78, 5) is 4.63. The standard InChI is InChI=1S/C13H15ClN2S/c14-12-4-1-5-16-8-11(15-13(12)16)7-10-3-2-6-17-9-10/h1,4-5,8,10H,2-3,6-7,9H2. The lowest BCUT2D eigenvalue weighted by Crippen LogP contribution is -2.13. The van der Waals surface area contributed by atoms with E-state index < -0.39 is 0 Å². The number of pyridine rings is 1.